The van der Waals surface area contributed by atoms with Crippen molar-refractivity contribution in [2.45, 2.75) is 12.2 Å². The molecule has 1 aliphatic heterocycles. The molecule has 4 nitrogen and oxygen atoms in total. The molecule has 4 rings (SSSR count). The van der Waals surface area contributed by atoms with Gasteiger partial charge in [0.1, 0.15) is 0 Å². The van der Waals surface area contributed by atoms with E-state index < -0.39 is 0 Å². The Balaban J connectivity index is 1.81. The second kappa shape index (κ2) is 6.09. The molecule has 1 unspecified atom stereocenters. The minimum atomic E-state index is -0.114. The zero-order chi connectivity index (χ0) is 16.5. The number of hydrogen-bond acceptors (Lipinski definition) is 4. The van der Waals surface area contributed by atoms with Crippen molar-refractivity contribution in [1.82, 2.24) is 5.32 Å². The fourth-order valence-corrected chi connectivity index (χ4v) is 3.59. The summed E-state index contributed by atoms with van der Waals surface area (Å²) in [4.78, 5) is 11.5. The van der Waals surface area contributed by atoms with E-state index in [1.807, 2.05) is 31.2 Å². The molecule has 1 saturated heterocycles. The van der Waals surface area contributed by atoms with Gasteiger partial charge in [0.15, 0.2) is 5.17 Å². The molecule has 1 amide bonds. The average molecular weight is 333 g/mol. The Bertz CT molecular complexity index is 956. The Morgan fingerprint density at radius 1 is 1.04 bits per heavy atom. The number of nitrogens with zero attached hydrogens (tertiary/aromatic N) is 2. The molecule has 1 atom stereocenters. The maximum atomic E-state index is 11.5. The van der Waals surface area contributed by atoms with E-state index in [0.717, 1.165) is 16.3 Å². The lowest BCUT2D eigenvalue weighted by Gasteiger charge is -2.07. The van der Waals surface area contributed by atoms with Gasteiger partial charge < -0.3 is 5.32 Å². The number of thioether (sulfide) groups is 1. The fraction of sp³-hybridized carbons (Fsp3) is 0.105. The Morgan fingerprint density at radius 2 is 1.67 bits per heavy atom. The van der Waals surface area contributed by atoms with Gasteiger partial charge in [0.25, 0.3) is 0 Å². The minimum absolute atomic E-state index is 0.0236. The summed E-state index contributed by atoms with van der Waals surface area (Å²) in [6, 6.07) is 18.7. The third-order valence-corrected chi connectivity index (χ3v) is 5.01. The van der Waals surface area contributed by atoms with Gasteiger partial charge in [-0.15, -0.1) is 5.10 Å². The number of amides is 1. The second-order valence-corrected chi connectivity index (χ2v) is 6.96. The number of fused-ring (bicyclic) bond motifs is 2. The highest BCUT2D eigenvalue weighted by Crippen LogP contribution is 2.27. The van der Waals surface area contributed by atoms with Crippen molar-refractivity contribution in [3.63, 3.8) is 0 Å². The van der Waals surface area contributed by atoms with Gasteiger partial charge in [-0.2, -0.15) is 5.10 Å². The Morgan fingerprint density at radius 3 is 2.25 bits per heavy atom. The van der Waals surface area contributed by atoms with Crippen molar-refractivity contribution >= 4 is 50.6 Å². The van der Waals surface area contributed by atoms with E-state index in [0.29, 0.717) is 5.17 Å². The average Bonchev–Trinajstić information content (AvgIpc) is 2.92. The predicted molar refractivity (Wildman–Crippen MR) is 102 cm³/mol. The first-order chi connectivity index (χ1) is 11.7. The largest absolute Gasteiger partial charge is 0.303 e. The van der Waals surface area contributed by atoms with Crippen LogP contribution in [0.3, 0.4) is 0 Å². The van der Waals surface area contributed by atoms with Crippen LogP contribution in [0.5, 0.6) is 0 Å². The van der Waals surface area contributed by atoms with Crippen LogP contribution in [0.25, 0.3) is 21.5 Å². The first-order valence-electron chi connectivity index (χ1n) is 7.71. The number of carbonyl (C=O) groups excluding carboxylic acids is 1. The van der Waals surface area contributed by atoms with Crippen molar-refractivity contribution < 1.29 is 4.79 Å². The van der Waals surface area contributed by atoms with E-state index in [1.54, 1.807) is 6.21 Å². The maximum absolute atomic E-state index is 11.5. The fourth-order valence-electron chi connectivity index (χ4n) is 2.83. The predicted octanol–water partition coefficient (Wildman–Crippen LogP) is 3.93. The summed E-state index contributed by atoms with van der Waals surface area (Å²) < 4.78 is 0. The SMILES string of the molecule is CC1S/C(=N\N=C\c2c3ccccc3cc3ccccc23)NC1=O. The first-order valence-corrected chi connectivity index (χ1v) is 8.59. The third-order valence-electron chi connectivity index (χ3n) is 4.04. The van der Waals surface area contributed by atoms with E-state index in [2.05, 4.69) is 45.9 Å². The lowest BCUT2D eigenvalue weighted by Crippen LogP contribution is -2.23. The van der Waals surface area contributed by atoms with Gasteiger partial charge in [-0.25, -0.2) is 0 Å². The third kappa shape index (κ3) is 2.67. The van der Waals surface area contributed by atoms with Crippen molar-refractivity contribution in [1.29, 1.82) is 0 Å². The molecule has 24 heavy (non-hydrogen) atoms. The molecule has 0 bridgehead atoms. The number of amidine groups is 1. The molecule has 1 aliphatic rings. The highest BCUT2D eigenvalue weighted by Gasteiger charge is 2.25. The zero-order valence-electron chi connectivity index (χ0n) is 13.1. The number of benzene rings is 3. The molecular weight excluding hydrogens is 318 g/mol. The Kier molecular flexibility index (Phi) is 3.78. The van der Waals surface area contributed by atoms with Crippen molar-refractivity contribution in [2.24, 2.45) is 10.2 Å². The Labute approximate surface area is 143 Å². The van der Waals surface area contributed by atoms with Gasteiger partial charge >= 0.3 is 0 Å². The van der Waals surface area contributed by atoms with Gasteiger partial charge in [0.2, 0.25) is 5.91 Å². The van der Waals surface area contributed by atoms with Crippen LogP contribution < -0.4 is 5.32 Å². The van der Waals surface area contributed by atoms with Gasteiger partial charge in [-0.1, -0.05) is 60.3 Å². The van der Waals surface area contributed by atoms with Gasteiger partial charge in [-0.05, 0) is 34.5 Å². The zero-order valence-corrected chi connectivity index (χ0v) is 13.9. The molecule has 0 aliphatic carbocycles. The summed E-state index contributed by atoms with van der Waals surface area (Å²) in [5.41, 5.74) is 1.04. The summed E-state index contributed by atoms with van der Waals surface area (Å²) in [6.07, 6.45) is 1.77. The van der Waals surface area contributed by atoms with E-state index >= 15 is 0 Å². The van der Waals surface area contributed by atoms with Crippen LogP contribution in [0.4, 0.5) is 0 Å². The molecule has 0 saturated carbocycles. The topological polar surface area (TPSA) is 53.8 Å². The van der Waals surface area contributed by atoms with E-state index in [4.69, 9.17) is 0 Å². The lowest BCUT2D eigenvalue weighted by atomic mass is 9.97. The van der Waals surface area contributed by atoms with Crippen LogP contribution in [-0.4, -0.2) is 22.5 Å². The summed E-state index contributed by atoms with van der Waals surface area (Å²) in [6.45, 7) is 1.85. The highest BCUT2D eigenvalue weighted by atomic mass is 32.2. The van der Waals surface area contributed by atoms with E-state index in [-0.39, 0.29) is 11.2 Å². The van der Waals surface area contributed by atoms with E-state index in [1.165, 1.54) is 22.5 Å². The quantitative estimate of drug-likeness (QED) is 0.439. The highest BCUT2D eigenvalue weighted by molar-refractivity contribution is 8.15. The summed E-state index contributed by atoms with van der Waals surface area (Å²) in [5.74, 6) is -0.0236. The normalized spacial score (nSPS) is 19.6. The summed E-state index contributed by atoms with van der Waals surface area (Å²) in [7, 11) is 0. The lowest BCUT2D eigenvalue weighted by molar-refractivity contribution is -0.118. The van der Waals surface area contributed by atoms with E-state index in [9.17, 15) is 4.79 Å². The monoisotopic (exact) mass is 333 g/mol. The molecular formula is C19H15N3OS. The van der Waals surface area contributed by atoms with Crippen molar-refractivity contribution in [3.8, 4) is 0 Å². The van der Waals surface area contributed by atoms with Crippen LogP contribution in [0.2, 0.25) is 0 Å². The first kappa shape index (κ1) is 14.9. The van der Waals surface area contributed by atoms with Crippen LogP contribution in [0.15, 0.2) is 64.8 Å². The van der Waals surface area contributed by atoms with Crippen LogP contribution in [0, 0.1) is 0 Å². The number of rotatable bonds is 2. The smallest absolute Gasteiger partial charge is 0.239 e. The van der Waals surface area contributed by atoms with Crippen LogP contribution >= 0.6 is 11.8 Å². The molecule has 118 valence electrons. The van der Waals surface area contributed by atoms with Gasteiger partial charge in [0, 0.05) is 5.56 Å². The van der Waals surface area contributed by atoms with Crippen LogP contribution in [0.1, 0.15) is 12.5 Å². The molecule has 1 N–H and O–H groups in total. The molecule has 3 aromatic rings. The minimum Gasteiger partial charge on any atom is -0.303 e. The van der Waals surface area contributed by atoms with Crippen LogP contribution in [-0.2, 0) is 4.79 Å². The Hall–Kier alpha value is -2.66. The molecule has 3 aromatic carbocycles. The van der Waals surface area contributed by atoms with Gasteiger partial charge in [0.05, 0.1) is 11.5 Å². The standard InChI is InChI=1S/C19H15N3OS/c1-12-18(23)21-19(24-12)22-20-11-17-15-8-4-2-6-13(15)10-14-7-3-5-9-16(14)17/h2-12H,1H3,(H,21,22,23)/b20-11+. The molecule has 5 heteroatoms. The molecule has 0 spiro atoms. The molecule has 1 heterocycles. The number of carbonyl (C=O) groups is 1. The summed E-state index contributed by atoms with van der Waals surface area (Å²) in [5, 5.41) is 16.1. The second-order valence-electron chi connectivity index (χ2n) is 5.63. The van der Waals surface area contributed by atoms with Gasteiger partial charge in [-0.3, -0.25) is 4.79 Å². The van der Waals surface area contributed by atoms with Crippen molar-refractivity contribution in [2.75, 3.05) is 0 Å². The summed E-state index contributed by atoms with van der Waals surface area (Å²) >= 11 is 1.39. The molecule has 0 radical (unpaired) electrons. The van der Waals surface area contributed by atoms with Crippen molar-refractivity contribution in [3.05, 3.63) is 60.2 Å². The molecule has 0 aromatic heterocycles. The number of nitrogens with one attached hydrogen (secondary N) is 1. The maximum Gasteiger partial charge on any atom is 0.239 e. The number of hydrogen-bond donors (Lipinski definition) is 1. The molecule has 1 fully saturated rings.